The summed E-state index contributed by atoms with van der Waals surface area (Å²) in [5, 5.41) is 21.5. The van der Waals surface area contributed by atoms with Crippen LogP contribution in [0.4, 0.5) is 4.79 Å². The van der Waals surface area contributed by atoms with E-state index in [9.17, 15) is 14.7 Å². The Morgan fingerprint density at radius 3 is 2.33 bits per heavy atom. The zero-order valence-corrected chi connectivity index (χ0v) is 13.2. The Hall–Kier alpha value is -1.34. The summed E-state index contributed by atoms with van der Waals surface area (Å²) in [5.74, 6) is -0.931. The van der Waals surface area contributed by atoms with Crippen LogP contribution in [0.15, 0.2) is 0 Å². The summed E-state index contributed by atoms with van der Waals surface area (Å²) in [5.41, 5.74) is -1.27. The Morgan fingerprint density at radius 1 is 1.38 bits per heavy atom. The van der Waals surface area contributed by atoms with Crippen LogP contribution in [-0.2, 0) is 9.53 Å². The van der Waals surface area contributed by atoms with Crippen molar-refractivity contribution in [3.63, 3.8) is 0 Å². The Bertz CT molecular complexity index is 381. The fourth-order valence-electron chi connectivity index (χ4n) is 2.39. The zero-order valence-electron chi connectivity index (χ0n) is 13.2. The van der Waals surface area contributed by atoms with Gasteiger partial charge in [0.1, 0.15) is 5.60 Å². The predicted molar refractivity (Wildman–Crippen MR) is 77.1 cm³/mol. The van der Waals surface area contributed by atoms with Crippen LogP contribution in [0.25, 0.3) is 0 Å². The van der Waals surface area contributed by atoms with Gasteiger partial charge in [-0.2, -0.15) is 0 Å². The smallest absolute Gasteiger partial charge is 0.410 e. The first-order valence-corrected chi connectivity index (χ1v) is 7.19. The van der Waals surface area contributed by atoms with Crippen molar-refractivity contribution in [2.45, 2.75) is 57.7 Å². The number of carboxylic acid groups (broad SMARTS) is 1. The molecule has 1 atom stereocenters. The predicted octanol–water partition coefficient (Wildman–Crippen LogP) is 0.811. The largest absolute Gasteiger partial charge is 0.481 e. The zero-order chi connectivity index (χ0) is 16.3. The van der Waals surface area contributed by atoms with Crippen LogP contribution >= 0.6 is 0 Å². The third kappa shape index (κ3) is 5.17. The molecular weight excluding hydrogens is 276 g/mol. The third-order valence-electron chi connectivity index (χ3n) is 3.35. The van der Waals surface area contributed by atoms with Crippen LogP contribution in [0.5, 0.6) is 0 Å². The van der Waals surface area contributed by atoms with Gasteiger partial charge in [0.2, 0.25) is 0 Å². The number of carboxylic acids is 1. The number of likely N-dealkylation sites (tertiary alicyclic amines) is 1. The van der Waals surface area contributed by atoms with Gasteiger partial charge in [0.15, 0.2) is 0 Å². The van der Waals surface area contributed by atoms with E-state index in [0.717, 1.165) is 0 Å². The highest BCUT2D eigenvalue weighted by Crippen LogP contribution is 2.27. The molecule has 0 aliphatic carbocycles. The molecular formula is C14H26N2O5. The molecule has 21 heavy (non-hydrogen) atoms. The minimum atomic E-state index is -0.931. The minimum Gasteiger partial charge on any atom is -0.481 e. The van der Waals surface area contributed by atoms with Crippen molar-refractivity contribution in [1.29, 1.82) is 0 Å². The standard InChI is InChI=1S/C14H26N2O5/c1-5-10(7-17)15-14(6-11(18)19)8-16(9-14)12(20)21-13(2,3)4/h10,15,17H,5-9H2,1-4H3,(H,18,19). The Labute approximate surface area is 125 Å². The molecule has 1 fully saturated rings. The number of rotatable bonds is 6. The van der Waals surface area contributed by atoms with Crippen molar-refractivity contribution in [2.24, 2.45) is 0 Å². The molecule has 1 heterocycles. The van der Waals surface area contributed by atoms with Gasteiger partial charge in [-0.25, -0.2) is 4.79 Å². The summed E-state index contributed by atoms with van der Waals surface area (Å²) in [4.78, 5) is 24.4. The Kier molecular flexibility index (Phi) is 5.58. The molecule has 1 rings (SSSR count). The van der Waals surface area contributed by atoms with E-state index in [1.807, 2.05) is 6.92 Å². The molecule has 1 saturated heterocycles. The molecule has 0 bridgehead atoms. The molecule has 1 aliphatic rings. The maximum atomic E-state index is 11.9. The van der Waals surface area contributed by atoms with Gasteiger partial charge in [0.05, 0.1) is 18.6 Å². The lowest BCUT2D eigenvalue weighted by atomic mass is 9.85. The van der Waals surface area contributed by atoms with Crippen molar-refractivity contribution < 1.29 is 24.5 Å². The first kappa shape index (κ1) is 17.7. The molecule has 122 valence electrons. The number of ether oxygens (including phenoxy) is 1. The van der Waals surface area contributed by atoms with Crippen molar-refractivity contribution >= 4 is 12.1 Å². The first-order valence-electron chi connectivity index (χ1n) is 7.19. The van der Waals surface area contributed by atoms with Gasteiger partial charge >= 0.3 is 12.1 Å². The summed E-state index contributed by atoms with van der Waals surface area (Å²) < 4.78 is 5.26. The fraction of sp³-hybridized carbons (Fsp3) is 0.857. The number of aliphatic carboxylic acids is 1. The molecule has 1 aliphatic heterocycles. The second kappa shape index (κ2) is 6.62. The van der Waals surface area contributed by atoms with E-state index >= 15 is 0 Å². The molecule has 1 unspecified atom stereocenters. The highest BCUT2D eigenvalue weighted by Gasteiger charge is 2.48. The number of hydrogen-bond acceptors (Lipinski definition) is 5. The van der Waals surface area contributed by atoms with Crippen LogP contribution < -0.4 is 5.32 Å². The Morgan fingerprint density at radius 2 is 1.95 bits per heavy atom. The number of nitrogens with one attached hydrogen (secondary N) is 1. The van der Waals surface area contributed by atoms with Crippen LogP contribution in [0.1, 0.15) is 40.5 Å². The summed E-state index contributed by atoms with van der Waals surface area (Å²) in [7, 11) is 0. The second-order valence-corrected chi connectivity index (χ2v) is 6.62. The van der Waals surface area contributed by atoms with Gasteiger partial charge in [-0.15, -0.1) is 0 Å². The molecule has 0 aromatic heterocycles. The van der Waals surface area contributed by atoms with E-state index in [-0.39, 0.29) is 32.2 Å². The Balaban J connectivity index is 2.65. The van der Waals surface area contributed by atoms with Gasteiger partial charge in [-0.1, -0.05) is 6.92 Å². The molecule has 0 spiro atoms. The molecule has 1 amide bonds. The van der Waals surface area contributed by atoms with Crippen LogP contribution in [-0.4, -0.2) is 64.1 Å². The van der Waals surface area contributed by atoms with Gasteiger partial charge in [-0.3, -0.25) is 4.79 Å². The molecule has 0 radical (unpaired) electrons. The molecule has 3 N–H and O–H groups in total. The van der Waals surface area contributed by atoms with Crippen molar-refractivity contribution in [1.82, 2.24) is 10.2 Å². The highest BCUT2D eigenvalue weighted by atomic mass is 16.6. The number of amides is 1. The second-order valence-electron chi connectivity index (χ2n) is 6.62. The average Bonchev–Trinajstić information content (AvgIpc) is 2.28. The van der Waals surface area contributed by atoms with E-state index in [2.05, 4.69) is 5.32 Å². The molecule has 7 heteroatoms. The third-order valence-corrected chi connectivity index (χ3v) is 3.35. The summed E-state index contributed by atoms with van der Waals surface area (Å²) >= 11 is 0. The lowest BCUT2D eigenvalue weighted by molar-refractivity contribution is -0.141. The number of hydrogen-bond donors (Lipinski definition) is 3. The van der Waals surface area contributed by atoms with E-state index in [1.54, 1.807) is 20.8 Å². The number of aliphatic hydroxyl groups excluding tert-OH is 1. The highest BCUT2D eigenvalue weighted by molar-refractivity contribution is 5.73. The van der Waals surface area contributed by atoms with Gasteiger partial charge in [0, 0.05) is 19.1 Å². The van der Waals surface area contributed by atoms with Crippen molar-refractivity contribution in [3.8, 4) is 0 Å². The number of carbonyl (C=O) groups is 2. The van der Waals surface area contributed by atoms with Gasteiger partial charge < -0.3 is 25.2 Å². The maximum Gasteiger partial charge on any atom is 0.410 e. The molecule has 0 saturated carbocycles. The van der Waals surface area contributed by atoms with Gasteiger partial charge in [0.25, 0.3) is 0 Å². The molecule has 0 aromatic carbocycles. The monoisotopic (exact) mass is 302 g/mol. The van der Waals surface area contributed by atoms with E-state index < -0.39 is 23.2 Å². The van der Waals surface area contributed by atoms with Crippen molar-refractivity contribution in [3.05, 3.63) is 0 Å². The van der Waals surface area contributed by atoms with Crippen LogP contribution in [0, 0.1) is 0 Å². The quantitative estimate of drug-likeness (QED) is 0.671. The number of carbonyl (C=O) groups excluding carboxylic acids is 1. The lowest BCUT2D eigenvalue weighted by Gasteiger charge is -2.51. The molecule has 0 aromatic rings. The van der Waals surface area contributed by atoms with E-state index in [0.29, 0.717) is 6.42 Å². The average molecular weight is 302 g/mol. The van der Waals surface area contributed by atoms with Crippen LogP contribution in [0.3, 0.4) is 0 Å². The van der Waals surface area contributed by atoms with Crippen LogP contribution in [0.2, 0.25) is 0 Å². The molecule has 7 nitrogen and oxygen atoms in total. The number of aliphatic hydroxyl groups is 1. The summed E-state index contributed by atoms with van der Waals surface area (Å²) in [6.45, 7) is 7.73. The SMILES string of the molecule is CCC(CO)NC1(CC(=O)O)CN(C(=O)OC(C)(C)C)C1. The summed E-state index contributed by atoms with van der Waals surface area (Å²) in [6, 6.07) is -0.176. The first-order chi connectivity index (χ1) is 9.61. The number of nitrogens with zero attached hydrogens (tertiary/aromatic N) is 1. The van der Waals surface area contributed by atoms with E-state index in [4.69, 9.17) is 9.84 Å². The van der Waals surface area contributed by atoms with Crippen molar-refractivity contribution in [2.75, 3.05) is 19.7 Å². The fourth-order valence-corrected chi connectivity index (χ4v) is 2.39. The lowest BCUT2D eigenvalue weighted by Crippen LogP contribution is -2.73. The minimum absolute atomic E-state index is 0.0652. The maximum absolute atomic E-state index is 11.9. The topological polar surface area (TPSA) is 99.1 Å². The van der Waals surface area contributed by atoms with E-state index in [1.165, 1.54) is 4.90 Å². The van der Waals surface area contributed by atoms with Gasteiger partial charge in [-0.05, 0) is 27.2 Å². The normalized spacial score (nSPS) is 18.8. The summed E-state index contributed by atoms with van der Waals surface area (Å²) in [6.07, 6.45) is 0.148.